The van der Waals surface area contributed by atoms with E-state index in [9.17, 15) is 9.59 Å². The molecule has 1 atom stereocenters. The molecule has 4 heteroatoms. The van der Waals surface area contributed by atoms with Gasteiger partial charge in [-0.05, 0) is 18.4 Å². The highest BCUT2D eigenvalue weighted by atomic mass is 16.2. The van der Waals surface area contributed by atoms with Crippen LogP contribution in [0.1, 0.15) is 24.3 Å². The summed E-state index contributed by atoms with van der Waals surface area (Å²) in [5, 5.41) is 2.62. The zero-order valence-electron chi connectivity index (χ0n) is 10.3. The minimum Gasteiger partial charge on any atom is -0.358 e. The molecule has 1 unspecified atom stereocenters. The minimum atomic E-state index is -0.269. The van der Waals surface area contributed by atoms with Crippen LogP contribution in [0.5, 0.6) is 0 Å². The first-order chi connectivity index (χ1) is 8.83. The molecule has 0 spiro atoms. The van der Waals surface area contributed by atoms with Gasteiger partial charge in [-0.3, -0.25) is 9.59 Å². The number of rotatable bonds is 5. The minimum absolute atomic E-state index is 0.119. The summed E-state index contributed by atoms with van der Waals surface area (Å²) >= 11 is 0. The van der Waals surface area contributed by atoms with Gasteiger partial charge in [0.2, 0.25) is 12.3 Å². The average molecular weight is 246 g/mol. The fraction of sp³-hybridized carbons (Fsp3) is 0.429. The maximum atomic E-state index is 12.4. The lowest BCUT2D eigenvalue weighted by atomic mass is 9.97. The summed E-state index contributed by atoms with van der Waals surface area (Å²) in [4.78, 5) is 24.8. The number of hydrogen-bond acceptors (Lipinski definition) is 2. The van der Waals surface area contributed by atoms with Gasteiger partial charge in [0.05, 0.1) is 5.92 Å². The molecule has 0 saturated carbocycles. The van der Waals surface area contributed by atoms with Crippen molar-refractivity contribution in [1.29, 1.82) is 0 Å². The van der Waals surface area contributed by atoms with Crippen LogP contribution in [0.2, 0.25) is 0 Å². The summed E-state index contributed by atoms with van der Waals surface area (Å²) in [6.45, 7) is 2.04. The van der Waals surface area contributed by atoms with Gasteiger partial charge in [-0.2, -0.15) is 0 Å². The predicted molar refractivity (Wildman–Crippen MR) is 69.1 cm³/mol. The first-order valence-electron chi connectivity index (χ1n) is 6.33. The number of likely N-dealkylation sites (tertiary alicyclic amines) is 1. The van der Waals surface area contributed by atoms with Crippen molar-refractivity contribution in [3.8, 4) is 0 Å². The largest absolute Gasteiger partial charge is 0.358 e. The van der Waals surface area contributed by atoms with E-state index in [1.807, 2.05) is 35.2 Å². The number of nitrogens with one attached hydrogen (secondary N) is 1. The van der Waals surface area contributed by atoms with Crippen molar-refractivity contribution in [2.45, 2.75) is 18.8 Å². The lowest BCUT2D eigenvalue weighted by Crippen LogP contribution is -2.37. The Morgan fingerprint density at radius 2 is 1.94 bits per heavy atom. The number of benzene rings is 1. The molecular weight excluding hydrogens is 228 g/mol. The number of amides is 2. The molecule has 1 heterocycles. The summed E-state index contributed by atoms with van der Waals surface area (Å²) in [7, 11) is 0. The second-order valence-electron chi connectivity index (χ2n) is 4.52. The molecule has 0 bridgehead atoms. The van der Waals surface area contributed by atoms with Crippen molar-refractivity contribution >= 4 is 12.3 Å². The highest BCUT2D eigenvalue weighted by molar-refractivity contribution is 5.84. The van der Waals surface area contributed by atoms with Gasteiger partial charge in [-0.25, -0.2) is 0 Å². The maximum Gasteiger partial charge on any atom is 0.231 e. The topological polar surface area (TPSA) is 49.4 Å². The molecule has 0 aromatic heterocycles. The summed E-state index contributed by atoms with van der Waals surface area (Å²) < 4.78 is 0. The fourth-order valence-corrected chi connectivity index (χ4v) is 2.36. The highest BCUT2D eigenvalue weighted by Crippen LogP contribution is 2.20. The Balaban J connectivity index is 2.13. The van der Waals surface area contributed by atoms with Crippen LogP contribution in [-0.4, -0.2) is 36.9 Å². The van der Waals surface area contributed by atoms with Gasteiger partial charge in [-0.1, -0.05) is 30.3 Å². The Morgan fingerprint density at radius 1 is 1.28 bits per heavy atom. The van der Waals surface area contributed by atoms with E-state index in [1.165, 1.54) is 0 Å². The molecule has 1 aromatic carbocycles. The van der Waals surface area contributed by atoms with Crippen molar-refractivity contribution in [2.75, 3.05) is 19.6 Å². The zero-order valence-corrected chi connectivity index (χ0v) is 10.3. The molecule has 2 amide bonds. The summed E-state index contributed by atoms with van der Waals surface area (Å²) in [6, 6.07) is 9.63. The third kappa shape index (κ3) is 2.88. The molecule has 18 heavy (non-hydrogen) atoms. The first-order valence-corrected chi connectivity index (χ1v) is 6.33. The molecule has 96 valence electrons. The number of hydrogen-bond donors (Lipinski definition) is 1. The number of carbonyl (C=O) groups excluding carboxylic acids is 2. The van der Waals surface area contributed by atoms with E-state index in [0.717, 1.165) is 31.5 Å². The van der Waals surface area contributed by atoms with Gasteiger partial charge in [0.15, 0.2) is 0 Å². The maximum absolute atomic E-state index is 12.4. The van der Waals surface area contributed by atoms with E-state index in [4.69, 9.17) is 0 Å². The van der Waals surface area contributed by atoms with Crippen molar-refractivity contribution in [1.82, 2.24) is 10.2 Å². The number of carbonyl (C=O) groups is 2. The molecule has 1 N–H and O–H groups in total. The second kappa shape index (κ2) is 6.19. The van der Waals surface area contributed by atoms with E-state index < -0.39 is 0 Å². The summed E-state index contributed by atoms with van der Waals surface area (Å²) in [5.74, 6) is -0.150. The monoisotopic (exact) mass is 246 g/mol. The predicted octanol–water partition coefficient (Wildman–Crippen LogP) is 1.14. The van der Waals surface area contributed by atoms with Crippen molar-refractivity contribution in [3.63, 3.8) is 0 Å². The van der Waals surface area contributed by atoms with Gasteiger partial charge in [-0.15, -0.1) is 0 Å². The van der Waals surface area contributed by atoms with Crippen LogP contribution >= 0.6 is 0 Å². The van der Waals surface area contributed by atoms with Crippen LogP contribution in [0.15, 0.2) is 30.3 Å². The van der Waals surface area contributed by atoms with Crippen LogP contribution < -0.4 is 5.32 Å². The fourth-order valence-electron chi connectivity index (χ4n) is 2.36. The SMILES string of the molecule is O=CNCC(C(=O)N1CCCC1)c1ccccc1. The Morgan fingerprint density at radius 3 is 2.56 bits per heavy atom. The third-order valence-electron chi connectivity index (χ3n) is 3.32. The Labute approximate surface area is 107 Å². The Kier molecular flexibility index (Phi) is 4.34. The molecule has 2 rings (SSSR count). The molecule has 1 fully saturated rings. The van der Waals surface area contributed by atoms with Crippen molar-refractivity contribution in [2.24, 2.45) is 0 Å². The second-order valence-corrected chi connectivity index (χ2v) is 4.52. The number of nitrogens with zero attached hydrogens (tertiary/aromatic N) is 1. The summed E-state index contributed by atoms with van der Waals surface area (Å²) in [5.41, 5.74) is 0.962. The third-order valence-corrected chi connectivity index (χ3v) is 3.32. The van der Waals surface area contributed by atoms with Gasteiger partial charge >= 0.3 is 0 Å². The molecule has 1 saturated heterocycles. The zero-order chi connectivity index (χ0) is 12.8. The van der Waals surface area contributed by atoms with Gasteiger partial charge < -0.3 is 10.2 Å². The van der Waals surface area contributed by atoms with Crippen LogP contribution in [0, 0.1) is 0 Å². The van der Waals surface area contributed by atoms with Gasteiger partial charge in [0.25, 0.3) is 0 Å². The van der Waals surface area contributed by atoms with Crippen LogP contribution in [0.4, 0.5) is 0 Å². The van der Waals surface area contributed by atoms with E-state index in [1.54, 1.807) is 0 Å². The molecule has 1 aromatic rings. The molecular formula is C14H18N2O2. The molecule has 1 aliphatic rings. The Bertz CT molecular complexity index is 400. The Hall–Kier alpha value is -1.84. The average Bonchev–Trinajstić information content (AvgIpc) is 2.94. The first kappa shape index (κ1) is 12.6. The van der Waals surface area contributed by atoms with E-state index in [0.29, 0.717) is 13.0 Å². The van der Waals surface area contributed by atoms with Crippen molar-refractivity contribution < 1.29 is 9.59 Å². The van der Waals surface area contributed by atoms with E-state index >= 15 is 0 Å². The molecule has 0 radical (unpaired) electrons. The van der Waals surface area contributed by atoms with Gasteiger partial charge in [0.1, 0.15) is 0 Å². The van der Waals surface area contributed by atoms with Crippen LogP contribution in [-0.2, 0) is 9.59 Å². The lowest BCUT2D eigenvalue weighted by molar-refractivity contribution is -0.131. The van der Waals surface area contributed by atoms with Crippen LogP contribution in [0.25, 0.3) is 0 Å². The van der Waals surface area contributed by atoms with Crippen molar-refractivity contribution in [3.05, 3.63) is 35.9 Å². The lowest BCUT2D eigenvalue weighted by Gasteiger charge is -2.23. The highest BCUT2D eigenvalue weighted by Gasteiger charge is 2.27. The van der Waals surface area contributed by atoms with Gasteiger partial charge in [0, 0.05) is 19.6 Å². The molecule has 4 nitrogen and oxygen atoms in total. The normalized spacial score (nSPS) is 16.3. The smallest absolute Gasteiger partial charge is 0.231 e. The summed E-state index contributed by atoms with van der Waals surface area (Å²) in [6.07, 6.45) is 2.80. The standard InChI is InChI=1S/C14H18N2O2/c17-11-15-10-13(12-6-2-1-3-7-12)14(18)16-8-4-5-9-16/h1-3,6-7,11,13H,4-5,8-10H2,(H,15,17). The molecule has 0 aliphatic carbocycles. The van der Waals surface area contributed by atoms with E-state index in [-0.39, 0.29) is 11.8 Å². The van der Waals surface area contributed by atoms with E-state index in [2.05, 4.69) is 5.32 Å². The molecule has 1 aliphatic heterocycles. The quantitative estimate of drug-likeness (QED) is 0.792. The van der Waals surface area contributed by atoms with Crippen LogP contribution in [0.3, 0.4) is 0 Å².